The summed E-state index contributed by atoms with van der Waals surface area (Å²) in [6.45, 7) is 0. The standard InChI is InChI=1S/C14H8F2IN3O/c15-9-1-2-10(18)12(16)11(9)13(21)8-5-20-14-7(8)3-6(17)4-19-14/h1-5H,18H2,(H,19,20). The quantitative estimate of drug-likeness (QED) is 0.395. The normalized spacial score (nSPS) is 11.0. The number of nitrogen functional groups attached to an aromatic ring is 1. The molecular weight excluding hydrogens is 391 g/mol. The first-order chi connectivity index (χ1) is 9.99. The number of halogens is 3. The van der Waals surface area contributed by atoms with Crippen molar-refractivity contribution >= 4 is 45.1 Å². The van der Waals surface area contributed by atoms with E-state index < -0.39 is 23.0 Å². The van der Waals surface area contributed by atoms with E-state index >= 15 is 0 Å². The van der Waals surface area contributed by atoms with Gasteiger partial charge in [0, 0.05) is 26.9 Å². The van der Waals surface area contributed by atoms with Crippen molar-refractivity contribution in [2.45, 2.75) is 0 Å². The van der Waals surface area contributed by atoms with E-state index in [0.717, 1.165) is 15.7 Å². The van der Waals surface area contributed by atoms with Gasteiger partial charge in [0.2, 0.25) is 5.78 Å². The molecule has 7 heteroatoms. The lowest BCUT2D eigenvalue weighted by atomic mass is 10.0. The molecular formula is C14H8F2IN3O. The van der Waals surface area contributed by atoms with Gasteiger partial charge in [0.1, 0.15) is 11.5 Å². The molecule has 3 N–H and O–H groups in total. The van der Waals surface area contributed by atoms with Gasteiger partial charge in [0.05, 0.1) is 11.3 Å². The predicted molar refractivity (Wildman–Crippen MR) is 83.0 cm³/mol. The number of nitrogens with zero attached hydrogens (tertiary/aromatic N) is 1. The fraction of sp³-hybridized carbons (Fsp3) is 0. The summed E-state index contributed by atoms with van der Waals surface area (Å²) in [5, 5.41) is 0.508. The second-order valence-electron chi connectivity index (χ2n) is 4.41. The molecule has 4 nitrogen and oxygen atoms in total. The SMILES string of the molecule is Nc1ccc(F)c(C(=O)c2c[nH]c3ncc(I)cc23)c1F. The molecule has 0 fully saturated rings. The molecule has 3 aromatic rings. The number of carbonyl (C=O) groups is 1. The van der Waals surface area contributed by atoms with Crippen molar-refractivity contribution in [1.29, 1.82) is 0 Å². The Hall–Kier alpha value is -2.03. The largest absolute Gasteiger partial charge is 0.396 e. The highest BCUT2D eigenvalue weighted by Gasteiger charge is 2.23. The van der Waals surface area contributed by atoms with Crippen LogP contribution in [-0.4, -0.2) is 15.8 Å². The van der Waals surface area contributed by atoms with E-state index in [4.69, 9.17) is 5.73 Å². The fourth-order valence-corrected chi connectivity index (χ4v) is 2.53. The number of pyridine rings is 1. The number of anilines is 1. The highest BCUT2D eigenvalue weighted by atomic mass is 127. The number of nitrogens with two attached hydrogens (primary N) is 1. The molecule has 0 saturated carbocycles. The second kappa shape index (κ2) is 5.06. The van der Waals surface area contributed by atoms with Crippen LogP contribution in [0.4, 0.5) is 14.5 Å². The van der Waals surface area contributed by atoms with Crippen LogP contribution in [0.2, 0.25) is 0 Å². The van der Waals surface area contributed by atoms with Crippen LogP contribution in [0.5, 0.6) is 0 Å². The minimum atomic E-state index is -1.05. The van der Waals surface area contributed by atoms with Crippen molar-refractivity contribution in [3.05, 3.63) is 56.9 Å². The van der Waals surface area contributed by atoms with Crippen molar-refractivity contribution in [3.63, 3.8) is 0 Å². The molecule has 0 aliphatic heterocycles. The summed E-state index contributed by atoms with van der Waals surface area (Å²) in [6.07, 6.45) is 3.01. The fourth-order valence-electron chi connectivity index (χ4n) is 2.08. The van der Waals surface area contributed by atoms with Crippen molar-refractivity contribution in [1.82, 2.24) is 9.97 Å². The van der Waals surface area contributed by atoms with E-state index in [1.165, 1.54) is 6.20 Å². The van der Waals surface area contributed by atoms with Crippen LogP contribution in [-0.2, 0) is 0 Å². The van der Waals surface area contributed by atoms with Crippen molar-refractivity contribution in [3.8, 4) is 0 Å². The highest BCUT2D eigenvalue weighted by molar-refractivity contribution is 14.1. The van der Waals surface area contributed by atoms with Crippen molar-refractivity contribution in [2.24, 2.45) is 0 Å². The molecule has 0 saturated heterocycles. The molecule has 0 aliphatic carbocycles. The summed E-state index contributed by atoms with van der Waals surface area (Å²) in [7, 11) is 0. The molecule has 2 aromatic heterocycles. The van der Waals surface area contributed by atoms with E-state index in [1.807, 2.05) is 22.6 Å². The van der Waals surface area contributed by atoms with Gasteiger partial charge < -0.3 is 10.7 Å². The van der Waals surface area contributed by atoms with Gasteiger partial charge in [-0.3, -0.25) is 4.79 Å². The van der Waals surface area contributed by atoms with E-state index in [-0.39, 0.29) is 11.3 Å². The number of nitrogens with one attached hydrogen (secondary N) is 1. The maximum atomic E-state index is 14.0. The summed E-state index contributed by atoms with van der Waals surface area (Å²) < 4.78 is 28.6. The zero-order valence-corrected chi connectivity index (χ0v) is 12.6. The molecule has 21 heavy (non-hydrogen) atoms. The smallest absolute Gasteiger partial charge is 0.201 e. The van der Waals surface area contributed by atoms with Crippen LogP contribution >= 0.6 is 22.6 Å². The Morgan fingerprint density at radius 3 is 2.86 bits per heavy atom. The Labute approximate surface area is 131 Å². The number of hydrogen-bond acceptors (Lipinski definition) is 3. The van der Waals surface area contributed by atoms with E-state index in [9.17, 15) is 13.6 Å². The summed E-state index contributed by atoms with van der Waals surface area (Å²) in [4.78, 5) is 19.4. The molecule has 0 aliphatic rings. The number of fused-ring (bicyclic) bond motifs is 1. The number of aromatic amines is 1. The highest BCUT2D eigenvalue weighted by Crippen LogP contribution is 2.26. The first-order valence-corrected chi connectivity index (χ1v) is 6.97. The minimum absolute atomic E-state index is 0.152. The lowest BCUT2D eigenvalue weighted by molar-refractivity contribution is 0.103. The van der Waals surface area contributed by atoms with Gasteiger partial charge in [-0.25, -0.2) is 13.8 Å². The van der Waals surface area contributed by atoms with Crippen LogP contribution in [0, 0.1) is 15.2 Å². The Morgan fingerprint density at radius 2 is 2.10 bits per heavy atom. The van der Waals surface area contributed by atoms with Crippen molar-refractivity contribution < 1.29 is 13.6 Å². The maximum absolute atomic E-state index is 14.0. The van der Waals surface area contributed by atoms with Gasteiger partial charge >= 0.3 is 0 Å². The third-order valence-corrected chi connectivity index (χ3v) is 3.68. The van der Waals surface area contributed by atoms with Gasteiger partial charge in [0.25, 0.3) is 0 Å². The van der Waals surface area contributed by atoms with Crippen LogP contribution in [0.1, 0.15) is 15.9 Å². The summed E-state index contributed by atoms with van der Waals surface area (Å²) in [6, 6.07) is 3.78. The molecule has 0 atom stereocenters. The van der Waals surface area contributed by atoms with E-state index in [2.05, 4.69) is 9.97 Å². The number of hydrogen-bond donors (Lipinski definition) is 2. The molecule has 1 aromatic carbocycles. The average molecular weight is 399 g/mol. The first kappa shape index (κ1) is 13.9. The van der Waals surface area contributed by atoms with Crippen LogP contribution in [0.15, 0.2) is 30.6 Å². The van der Waals surface area contributed by atoms with Crippen LogP contribution in [0.3, 0.4) is 0 Å². The van der Waals surface area contributed by atoms with Gasteiger partial charge in [-0.2, -0.15) is 0 Å². The van der Waals surface area contributed by atoms with Crippen molar-refractivity contribution in [2.75, 3.05) is 5.73 Å². The maximum Gasteiger partial charge on any atom is 0.201 e. The molecule has 0 spiro atoms. The zero-order chi connectivity index (χ0) is 15.1. The Bertz CT molecular complexity index is 876. The molecule has 3 rings (SSSR count). The first-order valence-electron chi connectivity index (χ1n) is 5.90. The predicted octanol–water partition coefficient (Wildman–Crippen LogP) is 3.26. The topological polar surface area (TPSA) is 71.8 Å². The minimum Gasteiger partial charge on any atom is -0.396 e. The van der Waals surface area contributed by atoms with Gasteiger partial charge in [-0.1, -0.05) is 0 Å². The molecule has 0 unspecified atom stereocenters. The Kier molecular flexibility index (Phi) is 3.36. The lowest BCUT2D eigenvalue weighted by Gasteiger charge is -2.05. The van der Waals surface area contributed by atoms with Crippen LogP contribution < -0.4 is 5.73 Å². The molecule has 0 radical (unpaired) electrons. The molecule has 106 valence electrons. The van der Waals surface area contributed by atoms with E-state index in [1.54, 1.807) is 12.3 Å². The molecule has 2 heterocycles. The number of rotatable bonds is 2. The number of aromatic nitrogens is 2. The van der Waals surface area contributed by atoms with E-state index in [0.29, 0.717) is 11.0 Å². The Morgan fingerprint density at radius 1 is 1.33 bits per heavy atom. The third-order valence-electron chi connectivity index (χ3n) is 3.09. The number of carbonyl (C=O) groups excluding carboxylic acids is 1. The molecule has 0 bridgehead atoms. The summed E-state index contributed by atoms with van der Waals surface area (Å²) in [5.74, 6) is -2.76. The number of H-pyrrole nitrogens is 1. The zero-order valence-electron chi connectivity index (χ0n) is 10.5. The monoisotopic (exact) mass is 399 g/mol. The summed E-state index contributed by atoms with van der Waals surface area (Å²) >= 11 is 2.04. The van der Waals surface area contributed by atoms with Gasteiger partial charge in [0.15, 0.2) is 5.82 Å². The second-order valence-corrected chi connectivity index (χ2v) is 5.65. The van der Waals surface area contributed by atoms with Gasteiger partial charge in [-0.05, 0) is 40.8 Å². The summed E-state index contributed by atoms with van der Waals surface area (Å²) in [5.41, 5.74) is 5.10. The lowest BCUT2D eigenvalue weighted by Crippen LogP contribution is -2.09. The number of benzene rings is 1. The molecule has 0 amide bonds. The third kappa shape index (κ3) is 2.27. The average Bonchev–Trinajstić information content (AvgIpc) is 2.86. The Balaban J connectivity index is 2.22. The van der Waals surface area contributed by atoms with Gasteiger partial charge in [-0.15, -0.1) is 0 Å². The number of ketones is 1. The van der Waals surface area contributed by atoms with Crippen LogP contribution in [0.25, 0.3) is 11.0 Å².